The lowest BCUT2D eigenvalue weighted by Crippen LogP contribution is -2.28. The average Bonchev–Trinajstić information content (AvgIpc) is 2.60. The molecule has 0 bridgehead atoms. The van der Waals surface area contributed by atoms with Crippen LogP contribution in [0.15, 0.2) is 24.3 Å². The van der Waals surface area contributed by atoms with E-state index in [-0.39, 0.29) is 0 Å². The maximum absolute atomic E-state index is 3.79. The van der Waals surface area contributed by atoms with Gasteiger partial charge >= 0.3 is 0 Å². The lowest BCUT2D eigenvalue weighted by Gasteiger charge is -2.25. The summed E-state index contributed by atoms with van der Waals surface area (Å²) in [4.78, 5) is 0. The van der Waals surface area contributed by atoms with Crippen molar-refractivity contribution in [3.63, 3.8) is 0 Å². The van der Waals surface area contributed by atoms with Gasteiger partial charge in [0.1, 0.15) is 0 Å². The van der Waals surface area contributed by atoms with Crippen LogP contribution in [0.25, 0.3) is 0 Å². The molecule has 92 valence electrons. The van der Waals surface area contributed by atoms with Crippen LogP contribution in [0.2, 0.25) is 0 Å². The van der Waals surface area contributed by atoms with Crippen LogP contribution in [0, 0.1) is 0 Å². The van der Waals surface area contributed by atoms with Crippen LogP contribution in [0.5, 0.6) is 0 Å². The van der Waals surface area contributed by atoms with E-state index in [4.69, 9.17) is 0 Å². The molecule has 3 rings (SSSR count). The normalized spacial score (nSPS) is 33.1. The van der Waals surface area contributed by atoms with E-state index < -0.39 is 0 Å². The zero-order chi connectivity index (χ0) is 11.7. The molecular weight excluding hydrogens is 226 g/mol. The topological polar surface area (TPSA) is 12.0 Å². The van der Waals surface area contributed by atoms with E-state index in [0.717, 1.165) is 10.5 Å². The van der Waals surface area contributed by atoms with E-state index in [2.05, 4.69) is 48.3 Å². The van der Waals surface area contributed by atoms with E-state index in [1.165, 1.54) is 32.2 Å². The molecule has 1 heterocycles. The molecule has 1 fully saturated rings. The highest BCUT2D eigenvalue weighted by atomic mass is 32.2. The van der Waals surface area contributed by atoms with Crippen LogP contribution in [-0.4, -0.2) is 17.0 Å². The first-order chi connectivity index (χ1) is 8.34. The maximum Gasteiger partial charge on any atom is 0.0443 e. The number of hydrogen-bond acceptors (Lipinski definition) is 2. The van der Waals surface area contributed by atoms with E-state index in [0.29, 0.717) is 6.04 Å². The average molecular weight is 247 g/mol. The van der Waals surface area contributed by atoms with Gasteiger partial charge < -0.3 is 5.32 Å². The summed E-state index contributed by atoms with van der Waals surface area (Å²) in [6, 6.07) is 9.62. The largest absolute Gasteiger partial charge is 0.309 e. The highest BCUT2D eigenvalue weighted by Crippen LogP contribution is 2.39. The summed E-state index contributed by atoms with van der Waals surface area (Å²) in [5, 5.41) is 5.37. The molecule has 0 aromatic heterocycles. The van der Waals surface area contributed by atoms with Gasteiger partial charge in [-0.15, -0.1) is 0 Å². The summed E-state index contributed by atoms with van der Waals surface area (Å²) in [7, 11) is 0. The van der Waals surface area contributed by atoms with Gasteiger partial charge in [0.15, 0.2) is 0 Å². The number of thioether (sulfide) groups is 1. The SMILES string of the molecule is CC1CCNC2c3ccccc3CCCC2S1. The molecule has 0 spiro atoms. The van der Waals surface area contributed by atoms with Crippen molar-refractivity contribution in [3.8, 4) is 0 Å². The number of fused-ring (bicyclic) bond motifs is 3. The fourth-order valence-corrected chi connectivity index (χ4v) is 4.68. The molecular formula is C15H21NS. The number of rotatable bonds is 0. The molecule has 3 atom stereocenters. The molecule has 2 heteroatoms. The van der Waals surface area contributed by atoms with Crippen LogP contribution in [0.1, 0.15) is 43.4 Å². The van der Waals surface area contributed by atoms with E-state index >= 15 is 0 Å². The van der Waals surface area contributed by atoms with Gasteiger partial charge in [-0.2, -0.15) is 11.8 Å². The van der Waals surface area contributed by atoms with Crippen LogP contribution in [-0.2, 0) is 6.42 Å². The zero-order valence-corrected chi connectivity index (χ0v) is 11.3. The minimum atomic E-state index is 0.587. The predicted octanol–water partition coefficient (Wildman–Crippen LogP) is 3.55. The van der Waals surface area contributed by atoms with Crippen LogP contribution in [0.4, 0.5) is 0 Å². The summed E-state index contributed by atoms with van der Waals surface area (Å²) in [5.41, 5.74) is 3.14. The highest BCUT2D eigenvalue weighted by Gasteiger charge is 2.30. The monoisotopic (exact) mass is 247 g/mol. The smallest absolute Gasteiger partial charge is 0.0443 e. The van der Waals surface area contributed by atoms with Crippen molar-refractivity contribution in [1.82, 2.24) is 5.32 Å². The quantitative estimate of drug-likeness (QED) is 0.752. The molecule has 1 nitrogen and oxygen atoms in total. The number of nitrogens with one attached hydrogen (secondary N) is 1. The Morgan fingerprint density at radius 1 is 1.24 bits per heavy atom. The molecule has 1 saturated heterocycles. The Morgan fingerprint density at radius 3 is 3.06 bits per heavy atom. The molecule has 3 unspecified atom stereocenters. The fourth-order valence-electron chi connectivity index (χ4n) is 3.12. The first-order valence-electron chi connectivity index (χ1n) is 6.81. The molecule has 1 aliphatic carbocycles. The highest BCUT2D eigenvalue weighted by molar-refractivity contribution is 8.00. The molecule has 17 heavy (non-hydrogen) atoms. The van der Waals surface area contributed by atoms with Crippen molar-refractivity contribution in [2.45, 2.75) is 49.1 Å². The predicted molar refractivity (Wildman–Crippen MR) is 75.6 cm³/mol. The summed E-state index contributed by atoms with van der Waals surface area (Å²) >= 11 is 2.21. The van der Waals surface area contributed by atoms with Crippen LogP contribution >= 0.6 is 11.8 Å². The third kappa shape index (κ3) is 2.38. The van der Waals surface area contributed by atoms with Gasteiger partial charge in [-0.05, 0) is 43.4 Å². The Hall–Kier alpha value is -0.470. The van der Waals surface area contributed by atoms with Crippen molar-refractivity contribution in [1.29, 1.82) is 0 Å². The molecule has 1 aromatic rings. The third-order valence-electron chi connectivity index (χ3n) is 4.02. The van der Waals surface area contributed by atoms with Crippen LogP contribution in [0.3, 0.4) is 0 Å². The summed E-state index contributed by atoms with van der Waals surface area (Å²) in [6.45, 7) is 3.55. The lowest BCUT2D eigenvalue weighted by atomic mass is 9.99. The Morgan fingerprint density at radius 2 is 2.12 bits per heavy atom. The molecule has 2 aliphatic rings. The van der Waals surface area contributed by atoms with Crippen molar-refractivity contribution in [2.24, 2.45) is 0 Å². The Bertz CT molecular complexity index is 390. The second-order valence-electron chi connectivity index (χ2n) is 5.30. The van der Waals surface area contributed by atoms with E-state index in [9.17, 15) is 0 Å². The van der Waals surface area contributed by atoms with Gasteiger partial charge in [-0.25, -0.2) is 0 Å². The van der Waals surface area contributed by atoms with Gasteiger partial charge in [-0.3, -0.25) is 0 Å². The van der Waals surface area contributed by atoms with Gasteiger partial charge in [-0.1, -0.05) is 31.2 Å². The van der Waals surface area contributed by atoms with Gasteiger partial charge in [0.2, 0.25) is 0 Å². The molecule has 0 radical (unpaired) electrons. The number of benzene rings is 1. The van der Waals surface area contributed by atoms with E-state index in [1.54, 1.807) is 11.1 Å². The zero-order valence-electron chi connectivity index (χ0n) is 10.5. The molecule has 1 aliphatic heterocycles. The molecule has 0 amide bonds. The number of hydrogen-bond donors (Lipinski definition) is 1. The first kappa shape index (κ1) is 11.6. The summed E-state index contributed by atoms with van der Waals surface area (Å²) in [6.07, 6.45) is 5.28. The first-order valence-corrected chi connectivity index (χ1v) is 7.75. The minimum absolute atomic E-state index is 0.587. The Labute approximate surface area is 108 Å². The second-order valence-corrected chi connectivity index (χ2v) is 6.98. The molecule has 1 aromatic carbocycles. The van der Waals surface area contributed by atoms with Gasteiger partial charge in [0.05, 0.1) is 0 Å². The minimum Gasteiger partial charge on any atom is -0.309 e. The van der Waals surface area contributed by atoms with E-state index in [1.807, 2.05) is 0 Å². The van der Waals surface area contributed by atoms with Crippen molar-refractivity contribution < 1.29 is 0 Å². The third-order valence-corrected chi connectivity index (χ3v) is 5.58. The summed E-state index contributed by atoms with van der Waals surface area (Å²) in [5.74, 6) is 0. The maximum atomic E-state index is 3.79. The Balaban J connectivity index is 1.95. The fraction of sp³-hybridized carbons (Fsp3) is 0.600. The van der Waals surface area contributed by atoms with Crippen molar-refractivity contribution in [2.75, 3.05) is 6.54 Å². The standard InChI is InChI=1S/C15H21NS/c1-11-9-10-16-15-13-7-3-2-5-12(13)6-4-8-14(15)17-11/h2-3,5,7,11,14-16H,4,6,8-10H2,1H3. The second kappa shape index (κ2) is 5.03. The molecule has 0 saturated carbocycles. The van der Waals surface area contributed by atoms with Gasteiger partial charge in [0, 0.05) is 16.5 Å². The van der Waals surface area contributed by atoms with Crippen LogP contribution < -0.4 is 5.32 Å². The summed E-state index contributed by atoms with van der Waals surface area (Å²) < 4.78 is 0. The lowest BCUT2D eigenvalue weighted by molar-refractivity contribution is 0.510. The van der Waals surface area contributed by atoms with Gasteiger partial charge in [0.25, 0.3) is 0 Å². The Kier molecular flexibility index (Phi) is 3.44. The number of aryl methyl sites for hydroxylation is 1. The van der Waals surface area contributed by atoms with Crippen molar-refractivity contribution in [3.05, 3.63) is 35.4 Å². The van der Waals surface area contributed by atoms with Crippen molar-refractivity contribution >= 4 is 11.8 Å². The molecule has 1 N–H and O–H groups in total.